The first kappa shape index (κ1) is 91.0. The number of aliphatic hydroxyl groups is 2. The molecule has 0 bridgehead atoms. The summed E-state index contributed by atoms with van der Waals surface area (Å²) in [7, 11) is -9.79. The molecule has 0 amide bonds. The number of rotatable bonds is 69. The van der Waals surface area contributed by atoms with Gasteiger partial charge in [0.1, 0.15) is 25.4 Å². The second kappa shape index (κ2) is 69.8. The van der Waals surface area contributed by atoms with Gasteiger partial charge in [0, 0.05) is 19.3 Å². The zero-order chi connectivity index (χ0) is 69.5. The van der Waals surface area contributed by atoms with Crippen molar-refractivity contribution in [1.82, 2.24) is 0 Å². The molecule has 4 N–H and O–H groups in total. The summed E-state index contributed by atoms with van der Waals surface area (Å²) in [6, 6.07) is 0. The van der Waals surface area contributed by atoms with Gasteiger partial charge >= 0.3 is 33.6 Å². The minimum Gasteiger partial charge on any atom is -0.463 e. The summed E-state index contributed by atoms with van der Waals surface area (Å²) in [6.45, 7) is 2.41. The lowest BCUT2D eigenvalue weighted by molar-refractivity contribution is -0.161. The van der Waals surface area contributed by atoms with Crippen LogP contribution < -0.4 is 0 Å². The maximum absolute atomic E-state index is 12.9. The van der Waals surface area contributed by atoms with Crippen LogP contribution in [0.2, 0.25) is 0 Å². The minimum atomic E-state index is -4.93. The second-order valence-corrected chi connectivity index (χ2v) is 27.2. The molecule has 0 aliphatic rings. The van der Waals surface area contributed by atoms with Gasteiger partial charge in [0.2, 0.25) is 0 Å². The van der Waals surface area contributed by atoms with Crippen molar-refractivity contribution in [2.75, 3.05) is 39.6 Å². The highest BCUT2D eigenvalue weighted by atomic mass is 31.2. The summed E-state index contributed by atoms with van der Waals surface area (Å²) < 4.78 is 61.0. The third-order valence-corrected chi connectivity index (χ3v) is 17.1. The number of unbranched alkanes of at least 4 members (excludes halogenated alkanes) is 26. The maximum Gasteiger partial charge on any atom is 0.472 e. The molecule has 0 aromatic heterocycles. The summed E-state index contributed by atoms with van der Waals surface area (Å²) in [5, 5.41) is 20.6. The molecule has 0 rings (SSSR count). The number of carbonyl (C=O) groups excluding carboxylic acids is 3. The van der Waals surface area contributed by atoms with Gasteiger partial charge in [0.25, 0.3) is 0 Å². The van der Waals surface area contributed by atoms with Crippen LogP contribution in [0.3, 0.4) is 0 Å². The normalized spacial score (nSPS) is 14.8. The molecule has 0 saturated carbocycles. The zero-order valence-corrected chi connectivity index (χ0v) is 61.1. The summed E-state index contributed by atoms with van der Waals surface area (Å²) in [5.74, 6) is -1.60. The number of esters is 3. The molecule has 0 spiro atoms. The van der Waals surface area contributed by atoms with Gasteiger partial charge < -0.3 is 34.2 Å². The van der Waals surface area contributed by atoms with Crippen molar-refractivity contribution in [3.05, 3.63) is 122 Å². The number of aliphatic hydroxyl groups excluding tert-OH is 2. The molecule has 5 atom stereocenters. The fourth-order valence-corrected chi connectivity index (χ4v) is 11.2. The lowest BCUT2D eigenvalue weighted by Crippen LogP contribution is -2.30. The number of ether oxygens (including phenoxy) is 3. The molecule has 0 aromatic carbocycles. The Balaban J connectivity index is 4.53. The Morgan fingerprint density at radius 3 is 0.895 bits per heavy atom. The van der Waals surface area contributed by atoms with Crippen LogP contribution in [0.4, 0.5) is 0 Å². The molecule has 0 saturated heterocycles. The smallest absolute Gasteiger partial charge is 0.463 e. The van der Waals surface area contributed by atoms with Gasteiger partial charge in [-0.3, -0.25) is 32.5 Å². The monoisotopic (exact) mass is 1370 g/mol. The van der Waals surface area contributed by atoms with Crippen LogP contribution >= 0.6 is 15.6 Å². The number of hydrogen-bond acceptors (Lipinski definition) is 14. The van der Waals surface area contributed by atoms with Gasteiger partial charge in [0.15, 0.2) is 6.10 Å². The van der Waals surface area contributed by atoms with E-state index in [2.05, 4.69) is 142 Å². The molecule has 0 aliphatic heterocycles. The molecule has 5 unspecified atom stereocenters. The third kappa shape index (κ3) is 71.1. The van der Waals surface area contributed by atoms with Crippen molar-refractivity contribution >= 4 is 33.6 Å². The Hall–Kier alpha value is -4.05. The van der Waals surface area contributed by atoms with Crippen LogP contribution in [0.15, 0.2) is 122 Å². The number of allylic oxidation sites excluding steroid dienone is 20. The van der Waals surface area contributed by atoms with Crippen LogP contribution in [-0.4, -0.2) is 95.9 Å². The number of carbonyl (C=O) groups is 3. The molecule has 16 nitrogen and oxygen atoms in total. The van der Waals surface area contributed by atoms with Crippen LogP contribution in [0.5, 0.6) is 0 Å². The van der Waals surface area contributed by atoms with Gasteiger partial charge in [-0.2, -0.15) is 0 Å². The molecular formula is C77H132O16P2. The number of phosphoric ester groups is 2. The molecule has 95 heavy (non-hydrogen) atoms. The predicted octanol–water partition coefficient (Wildman–Crippen LogP) is 21.0. The highest BCUT2D eigenvalue weighted by molar-refractivity contribution is 7.47. The van der Waals surface area contributed by atoms with Gasteiger partial charge in [-0.1, -0.05) is 264 Å². The highest BCUT2D eigenvalue weighted by Gasteiger charge is 2.29. The Bertz CT molecular complexity index is 2210. The summed E-state index contributed by atoms with van der Waals surface area (Å²) in [4.78, 5) is 58.5. The van der Waals surface area contributed by atoms with Gasteiger partial charge in [-0.05, 0) is 128 Å². The average Bonchev–Trinajstić information content (AvgIpc) is 1.81. The first-order chi connectivity index (χ1) is 46.2. The number of hydrogen-bond donors (Lipinski definition) is 4. The van der Waals surface area contributed by atoms with E-state index >= 15 is 0 Å². The summed E-state index contributed by atoms with van der Waals surface area (Å²) >= 11 is 0. The average molecular weight is 1380 g/mol. The fraction of sp³-hybridized carbons (Fsp3) is 0.701. The van der Waals surface area contributed by atoms with Crippen molar-refractivity contribution in [3.63, 3.8) is 0 Å². The molecule has 0 fully saturated rings. The van der Waals surface area contributed by atoms with E-state index in [4.69, 9.17) is 32.3 Å². The van der Waals surface area contributed by atoms with E-state index in [1.807, 2.05) is 0 Å². The van der Waals surface area contributed by atoms with E-state index in [0.717, 1.165) is 161 Å². The SMILES string of the molecule is CC/C=C\C/C=C\C/C=C\C/C=C\C/C=C\CCCCCCCCCCCCCC(=O)OCC(O)COP(=O)(O)OCC(O)COP(=O)(O)OCC(COC(=O)CCCCCCCC/C=C\C/C=C\C/C=C\C/C=C\CC)OC(=O)CCCCCCC/C=C\CCCCCC. The molecular weight excluding hydrogens is 1240 g/mol. The van der Waals surface area contributed by atoms with E-state index in [0.29, 0.717) is 19.3 Å². The van der Waals surface area contributed by atoms with Crippen LogP contribution in [-0.2, 0) is 55.8 Å². The topological polar surface area (TPSA) is 231 Å². The lowest BCUT2D eigenvalue weighted by Gasteiger charge is -2.21. The van der Waals surface area contributed by atoms with Gasteiger partial charge in [-0.15, -0.1) is 0 Å². The molecule has 0 heterocycles. The third-order valence-electron chi connectivity index (χ3n) is 15.2. The van der Waals surface area contributed by atoms with Gasteiger partial charge in [-0.25, -0.2) is 9.13 Å². The second-order valence-electron chi connectivity index (χ2n) is 24.3. The van der Waals surface area contributed by atoms with Crippen molar-refractivity contribution in [3.8, 4) is 0 Å². The summed E-state index contributed by atoms with van der Waals surface area (Å²) in [6.07, 6.45) is 81.1. The molecule has 18 heteroatoms. The van der Waals surface area contributed by atoms with E-state index in [9.17, 15) is 43.5 Å². The maximum atomic E-state index is 12.9. The first-order valence-corrected chi connectivity index (χ1v) is 39.8. The largest absolute Gasteiger partial charge is 0.472 e. The standard InChI is InChI=1S/C77H132O16P2/c1-4-7-10-13-16-19-22-25-27-29-31-32-33-34-35-36-37-38-40-42-43-46-48-51-54-57-60-63-75(80)87-66-72(78)67-89-94(83,84)90-68-73(79)69-91-95(85,86)92-71-74(93-77(82)65-62-59-56-53-50-45-24-21-18-15-12-9-6-3)70-88-76(81)64-61-58-55-52-49-47-44-41-39-30-28-26-23-20-17-14-11-8-5-2/h7-8,10-11,16-17,19-21,24-28,31-32,34-35,39,41,72-74,78-79H,4-6,9,12-15,18,22-23,29-30,33,36-38,40,42-71H2,1-3H3,(H,83,84)(H,85,86)/b10-7-,11-8-,19-16-,20-17-,24-21-,27-25-,28-26-,32-31-,35-34-,41-39-. The van der Waals surface area contributed by atoms with E-state index in [1.165, 1.54) is 70.6 Å². The van der Waals surface area contributed by atoms with Crippen molar-refractivity contribution in [2.45, 2.75) is 309 Å². The van der Waals surface area contributed by atoms with Crippen molar-refractivity contribution < 1.29 is 75.8 Å². The quantitative estimate of drug-likeness (QED) is 0.0146. The molecule has 0 aromatic rings. The minimum absolute atomic E-state index is 0.0896. The van der Waals surface area contributed by atoms with Crippen molar-refractivity contribution in [2.24, 2.45) is 0 Å². The fourth-order valence-electron chi connectivity index (χ4n) is 9.58. The Kier molecular flexibility index (Phi) is 66.9. The predicted molar refractivity (Wildman–Crippen MR) is 390 cm³/mol. The highest BCUT2D eigenvalue weighted by Crippen LogP contribution is 2.45. The lowest BCUT2D eigenvalue weighted by atomic mass is 10.0. The van der Waals surface area contributed by atoms with Crippen LogP contribution in [0.25, 0.3) is 0 Å². The van der Waals surface area contributed by atoms with Gasteiger partial charge in [0.05, 0.1) is 26.4 Å². The Morgan fingerprint density at radius 2 is 0.558 bits per heavy atom. The molecule has 0 aliphatic carbocycles. The van der Waals surface area contributed by atoms with Crippen LogP contribution in [0, 0.1) is 0 Å². The van der Waals surface area contributed by atoms with E-state index < -0.39 is 91.5 Å². The van der Waals surface area contributed by atoms with Crippen LogP contribution in [0.1, 0.15) is 290 Å². The Morgan fingerprint density at radius 1 is 0.305 bits per heavy atom. The van der Waals surface area contributed by atoms with E-state index in [1.54, 1.807) is 0 Å². The zero-order valence-electron chi connectivity index (χ0n) is 59.3. The van der Waals surface area contributed by atoms with E-state index in [-0.39, 0.29) is 19.3 Å². The number of phosphoric acid groups is 2. The molecule has 546 valence electrons. The molecule has 0 radical (unpaired) electrons. The Labute approximate surface area is 576 Å². The van der Waals surface area contributed by atoms with Crippen molar-refractivity contribution in [1.29, 1.82) is 0 Å². The summed E-state index contributed by atoms with van der Waals surface area (Å²) in [5.41, 5.74) is 0. The first-order valence-electron chi connectivity index (χ1n) is 36.8.